The number of ketones is 1. The second kappa shape index (κ2) is 9.61. The molecule has 36 heavy (non-hydrogen) atoms. The SMILES string of the molecule is Cc1c(-c2cnc3[nH]cc(C(C)c4c(OC(F)F)ccc(F)c4Cl)c3c2)cnn1C1CCC(=O)CC1. The minimum absolute atomic E-state index is 0.138. The number of carbonyl (C=O) groups is 1. The van der Waals surface area contributed by atoms with Crippen LogP contribution < -0.4 is 4.74 Å². The monoisotopic (exact) mass is 516 g/mol. The van der Waals surface area contributed by atoms with E-state index in [2.05, 4.69) is 19.8 Å². The maximum atomic E-state index is 14.3. The molecule has 1 aliphatic carbocycles. The number of Topliss-reactive ketones (excluding diaryl/α,β-unsaturated/α-hetero) is 1. The number of halogens is 4. The van der Waals surface area contributed by atoms with Gasteiger partial charge in [0, 0.05) is 58.9 Å². The third-order valence-corrected chi connectivity index (χ3v) is 7.37. The molecule has 0 bridgehead atoms. The predicted octanol–water partition coefficient (Wildman–Crippen LogP) is 6.96. The first-order chi connectivity index (χ1) is 17.2. The fourth-order valence-corrected chi connectivity index (χ4v) is 5.40. The zero-order valence-corrected chi connectivity index (χ0v) is 20.5. The van der Waals surface area contributed by atoms with Crippen LogP contribution in [0.4, 0.5) is 13.2 Å². The van der Waals surface area contributed by atoms with Gasteiger partial charge < -0.3 is 9.72 Å². The lowest BCUT2D eigenvalue weighted by Crippen LogP contribution is -2.19. The highest BCUT2D eigenvalue weighted by Crippen LogP contribution is 2.41. The van der Waals surface area contributed by atoms with Gasteiger partial charge in [-0.05, 0) is 43.5 Å². The fourth-order valence-electron chi connectivity index (χ4n) is 5.08. The van der Waals surface area contributed by atoms with Crippen molar-refractivity contribution in [3.8, 4) is 16.9 Å². The van der Waals surface area contributed by atoms with Crippen molar-refractivity contribution in [1.82, 2.24) is 19.7 Å². The summed E-state index contributed by atoms with van der Waals surface area (Å²) in [6, 6.07) is 4.30. The van der Waals surface area contributed by atoms with Crippen molar-refractivity contribution in [1.29, 1.82) is 0 Å². The van der Waals surface area contributed by atoms with Gasteiger partial charge in [-0.2, -0.15) is 13.9 Å². The molecule has 1 unspecified atom stereocenters. The molecule has 1 fully saturated rings. The summed E-state index contributed by atoms with van der Waals surface area (Å²) >= 11 is 6.22. The van der Waals surface area contributed by atoms with E-state index in [4.69, 9.17) is 11.6 Å². The second-order valence-electron chi connectivity index (χ2n) is 9.10. The first-order valence-corrected chi connectivity index (χ1v) is 12.1. The van der Waals surface area contributed by atoms with Gasteiger partial charge >= 0.3 is 6.61 Å². The van der Waals surface area contributed by atoms with E-state index in [1.165, 1.54) is 0 Å². The van der Waals surface area contributed by atoms with Crippen LogP contribution in [0.2, 0.25) is 5.02 Å². The van der Waals surface area contributed by atoms with Crippen molar-refractivity contribution >= 4 is 28.4 Å². The number of H-pyrrole nitrogens is 1. The first kappa shape index (κ1) is 24.4. The highest BCUT2D eigenvalue weighted by molar-refractivity contribution is 6.31. The molecule has 5 rings (SSSR count). The summed E-state index contributed by atoms with van der Waals surface area (Å²) in [5.41, 5.74) is 4.16. The van der Waals surface area contributed by atoms with Crippen molar-refractivity contribution in [3.63, 3.8) is 0 Å². The van der Waals surface area contributed by atoms with Crippen molar-refractivity contribution in [2.45, 2.75) is 58.1 Å². The number of rotatable bonds is 6. The van der Waals surface area contributed by atoms with Crippen molar-refractivity contribution < 1.29 is 22.7 Å². The van der Waals surface area contributed by atoms with Crippen molar-refractivity contribution in [2.24, 2.45) is 0 Å². The highest BCUT2D eigenvalue weighted by atomic mass is 35.5. The normalized spacial score (nSPS) is 15.7. The van der Waals surface area contributed by atoms with Crippen molar-refractivity contribution in [2.75, 3.05) is 0 Å². The van der Waals surface area contributed by atoms with Gasteiger partial charge in [0.05, 0.1) is 17.3 Å². The lowest BCUT2D eigenvalue weighted by molar-refractivity contribution is -0.120. The first-order valence-electron chi connectivity index (χ1n) is 11.7. The predicted molar refractivity (Wildman–Crippen MR) is 130 cm³/mol. The van der Waals surface area contributed by atoms with Gasteiger partial charge in [0.15, 0.2) is 0 Å². The topological polar surface area (TPSA) is 72.8 Å². The number of pyridine rings is 1. The molecule has 1 N–H and O–H groups in total. The largest absolute Gasteiger partial charge is 0.434 e. The summed E-state index contributed by atoms with van der Waals surface area (Å²) in [4.78, 5) is 19.3. The summed E-state index contributed by atoms with van der Waals surface area (Å²) in [5.74, 6) is -1.17. The summed E-state index contributed by atoms with van der Waals surface area (Å²) in [5, 5.41) is 5.08. The number of hydrogen-bond acceptors (Lipinski definition) is 4. The van der Waals surface area contributed by atoms with E-state index in [1.807, 2.05) is 17.7 Å². The van der Waals surface area contributed by atoms with Gasteiger partial charge in [0.1, 0.15) is 23.0 Å². The van der Waals surface area contributed by atoms with Crippen LogP contribution in [-0.4, -0.2) is 32.1 Å². The van der Waals surface area contributed by atoms with Crippen LogP contribution >= 0.6 is 11.6 Å². The Kier molecular flexibility index (Phi) is 6.51. The van der Waals surface area contributed by atoms with Crippen LogP contribution in [0.1, 0.15) is 61.4 Å². The molecule has 3 aromatic heterocycles. The lowest BCUT2D eigenvalue weighted by atomic mass is 9.91. The Hall–Kier alpha value is -3.33. The van der Waals surface area contributed by atoms with E-state index in [9.17, 15) is 18.0 Å². The van der Waals surface area contributed by atoms with E-state index in [0.717, 1.165) is 47.2 Å². The third-order valence-electron chi connectivity index (χ3n) is 6.99. The van der Waals surface area contributed by atoms with E-state index < -0.39 is 18.3 Å². The maximum absolute atomic E-state index is 14.3. The molecule has 3 heterocycles. The molecule has 0 spiro atoms. The van der Waals surface area contributed by atoms with E-state index >= 15 is 0 Å². The summed E-state index contributed by atoms with van der Waals surface area (Å²) in [7, 11) is 0. The van der Waals surface area contributed by atoms with Gasteiger partial charge in [-0.3, -0.25) is 9.48 Å². The Bertz CT molecular complexity index is 1440. The summed E-state index contributed by atoms with van der Waals surface area (Å²) < 4.78 is 47.0. The average Bonchev–Trinajstić information content (AvgIpc) is 3.44. The standard InChI is InChI=1S/C26H24ClF3N4O2/c1-13(23-22(36-26(29)30)8-7-21(28)24(23)27)19-11-32-25-18(19)9-15(10-31-25)20-12-33-34(14(20)2)16-3-5-17(35)6-4-16/h7-13,16,26H,3-6H2,1-2H3,(H,31,32). The Morgan fingerprint density at radius 2 is 1.97 bits per heavy atom. The Labute approximate surface area is 210 Å². The number of aromatic amines is 1. The molecule has 1 atom stereocenters. The lowest BCUT2D eigenvalue weighted by Gasteiger charge is -2.22. The molecule has 1 aliphatic rings. The van der Waals surface area contributed by atoms with E-state index in [0.29, 0.717) is 29.8 Å². The van der Waals surface area contributed by atoms with E-state index in [1.54, 1.807) is 25.5 Å². The molecule has 1 saturated carbocycles. The minimum atomic E-state index is -3.07. The number of aromatic nitrogens is 4. The van der Waals surface area contributed by atoms with Crippen LogP contribution in [0.3, 0.4) is 0 Å². The number of nitrogens with one attached hydrogen (secondary N) is 1. The van der Waals surface area contributed by atoms with Gasteiger partial charge in [-0.25, -0.2) is 9.37 Å². The minimum Gasteiger partial charge on any atom is -0.434 e. The molecule has 4 aromatic rings. The van der Waals surface area contributed by atoms with Crippen LogP contribution in [0.15, 0.2) is 36.8 Å². The number of nitrogens with zero attached hydrogens (tertiary/aromatic N) is 3. The molecule has 0 radical (unpaired) electrons. The molecular formula is C26H24ClF3N4O2. The van der Waals surface area contributed by atoms with Gasteiger partial charge in [-0.15, -0.1) is 0 Å². The molecule has 10 heteroatoms. The number of carbonyl (C=O) groups excluding carboxylic acids is 1. The average molecular weight is 517 g/mol. The molecule has 0 saturated heterocycles. The van der Waals surface area contributed by atoms with Gasteiger partial charge in [0.25, 0.3) is 0 Å². The van der Waals surface area contributed by atoms with Gasteiger partial charge in [-0.1, -0.05) is 18.5 Å². The van der Waals surface area contributed by atoms with E-state index in [-0.39, 0.29) is 22.4 Å². The van der Waals surface area contributed by atoms with Crippen molar-refractivity contribution in [3.05, 3.63) is 64.5 Å². The summed E-state index contributed by atoms with van der Waals surface area (Å²) in [6.45, 7) is 0.668. The number of fused-ring (bicyclic) bond motifs is 1. The molecule has 0 aliphatic heterocycles. The number of benzene rings is 1. The Morgan fingerprint density at radius 3 is 2.69 bits per heavy atom. The number of alkyl halides is 2. The number of ether oxygens (including phenoxy) is 1. The highest BCUT2D eigenvalue weighted by Gasteiger charge is 2.26. The molecule has 0 amide bonds. The zero-order valence-electron chi connectivity index (χ0n) is 19.7. The Morgan fingerprint density at radius 1 is 1.22 bits per heavy atom. The fraction of sp³-hybridized carbons (Fsp3) is 0.346. The Balaban J connectivity index is 1.54. The second-order valence-corrected chi connectivity index (χ2v) is 9.47. The number of hydrogen-bond donors (Lipinski definition) is 1. The zero-order chi connectivity index (χ0) is 25.6. The third kappa shape index (κ3) is 4.36. The van der Waals surface area contributed by atoms with Crippen LogP contribution in [0.5, 0.6) is 5.75 Å². The maximum Gasteiger partial charge on any atom is 0.387 e. The smallest absolute Gasteiger partial charge is 0.387 e. The molecule has 1 aromatic carbocycles. The van der Waals surface area contributed by atoms with Crippen LogP contribution in [0.25, 0.3) is 22.2 Å². The molecular weight excluding hydrogens is 493 g/mol. The van der Waals surface area contributed by atoms with Gasteiger partial charge in [0.2, 0.25) is 0 Å². The quantitative estimate of drug-likeness (QED) is 0.300. The summed E-state index contributed by atoms with van der Waals surface area (Å²) in [6.07, 6.45) is 7.93. The van der Waals surface area contributed by atoms with Crippen LogP contribution in [0, 0.1) is 12.7 Å². The van der Waals surface area contributed by atoms with Crippen LogP contribution in [-0.2, 0) is 4.79 Å². The molecule has 188 valence electrons. The molecule has 6 nitrogen and oxygen atoms in total.